The van der Waals surface area contributed by atoms with Crippen LogP contribution in [0, 0.1) is 6.92 Å². The highest BCUT2D eigenvalue weighted by Gasteiger charge is 2.25. The van der Waals surface area contributed by atoms with E-state index in [2.05, 4.69) is 32.2 Å². The van der Waals surface area contributed by atoms with E-state index in [1.807, 2.05) is 56.3 Å². The minimum atomic E-state index is -0.277. The molecule has 4 rings (SSSR count). The van der Waals surface area contributed by atoms with Crippen molar-refractivity contribution in [1.29, 1.82) is 0 Å². The summed E-state index contributed by atoms with van der Waals surface area (Å²) < 4.78 is 2.24. The van der Waals surface area contributed by atoms with Crippen molar-refractivity contribution in [2.45, 2.75) is 72.2 Å². The second kappa shape index (κ2) is 10.4. The Balaban J connectivity index is 1.44. The molecule has 1 amide bonds. The predicted molar refractivity (Wildman–Crippen MR) is 128 cm³/mol. The summed E-state index contributed by atoms with van der Waals surface area (Å²) in [6, 6.07) is 18.6. The summed E-state index contributed by atoms with van der Waals surface area (Å²) in [7, 11) is 0. The van der Waals surface area contributed by atoms with Crippen molar-refractivity contribution in [2.24, 2.45) is 0 Å². The molecule has 0 radical (unpaired) electrons. The first-order valence-corrected chi connectivity index (χ1v) is 12.5. The van der Waals surface area contributed by atoms with Gasteiger partial charge in [0.05, 0.1) is 10.9 Å². The Kier molecular flexibility index (Phi) is 7.35. The monoisotopic (exact) mass is 452 g/mol. The Bertz CT molecular complexity index is 1020. The number of nitrogens with zero attached hydrogens (tertiary/aromatic N) is 3. The molecule has 1 saturated carbocycles. The van der Waals surface area contributed by atoms with E-state index in [-0.39, 0.29) is 11.2 Å². The van der Waals surface area contributed by atoms with Gasteiger partial charge in [0.25, 0.3) is 0 Å². The van der Waals surface area contributed by atoms with Crippen molar-refractivity contribution < 1.29 is 4.79 Å². The van der Waals surface area contributed by atoms with Crippen LogP contribution in [0.2, 0.25) is 0 Å². The van der Waals surface area contributed by atoms with Gasteiger partial charge >= 0.3 is 0 Å². The molecule has 2 aromatic carbocycles. The number of hydrogen-bond acceptors (Lipinski definition) is 5. The van der Waals surface area contributed by atoms with Crippen LogP contribution >= 0.6 is 23.5 Å². The van der Waals surface area contributed by atoms with E-state index in [1.165, 1.54) is 31.0 Å². The van der Waals surface area contributed by atoms with Gasteiger partial charge in [0.1, 0.15) is 5.82 Å². The molecular formula is C24H28N4OS2. The number of thioether (sulfide) groups is 1. The van der Waals surface area contributed by atoms with E-state index in [9.17, 15) is 4.79 Å². The lowest BCUT2D eigenvalue weighted by atomic mass is 9.95. The zero-order valence-electron chi connectivity index (χ0n) is 18.0. The van der Waals surface area contributed by atoms with Gasteiger partial charge in [-0.3, -0.25) is 4.79 Å². The number of anilines is 1. The van der Waals surface area contributed by atoms with E-state index in [4.69, 9.17) is 0 Å². The molecule has 1 aliphatic carbocycles. The first kappa shape index (κ1) is 22.0. The summed E-state index contributed by atoms with van der Waals surface area (Å²) in [6.07, 6.45) is 6.13. The molecule has 1 N–H and O–H groups in total. The molecule has 1 atom stereocenters. The maximum absolute atomic E-state index is 13.0. The fraction of sp³-hybridized carbons (Fsp3) is 0.375. The Morgan fingerprint density at radius 3 is 2.52 bits per heavy atom. The van der Waals surface area contributed by atoms with Crippen LogP contribution in [0.15, 0.2) is 69.5 Å². The highest BCUT2D eigenvalue weighted by atomic mass is 32.2. The predicted octanol–water partition coefficient (Wildman–Crippen LogP) is 6.36. The summed E-state index contributed by atoms with van der Waals surface area (Å²) >= 11 is 3.14. The van der Waals surface area contributed by atoms with Crippen molar-refractivity contribution in [3.63, 3.8) is 0 Å². The molecule has 0 saturated heterocycles. The van der Waals surface area contributed by atoms with E-state index >= 15 is 0 Å². The SMILES string of the molecule is Cc1nnc(SC(C)C(=O)Nc2ccccc2Sc2ccccc2)n1C1CCCCC1. The first-order chi connectivity index (χ1) is 15.1. The Hall–Kier alpha value is -2.25. The normalized spacial score (nSPS) is 15.5. The molecule has 1 aliphatic rings. The maximum Gasteiger partial charge on any atom is 0.237 e. The minimum Gasteiger partial charge on any atom is -0.324 e. The largest absolute Gasteiger partial charge is 0.324 e. The molecule has 162 valence electrons. The smallest absolute Gasteiger partial charge is 0.237 e. The lowest BCUT2D eigenvalue weighted by molar-refractivity contribution is -0.115. The maximum atomic E-state index is 13.0. The van der Waals surface area contributed by atoms with Crippen LogP contribution in [0.5, 0.6) is 0 Å². The number of rotatable bonds is 7. The van der Waals surface area contributed by atoms with Crippen LogP contribution in [0.25, 0.3) is 0 Å². The molecule has 0 spiro atoms. The second-order valence-corrected chi connectivity index (χ2v) is 10.3. The zero-order chi connectivity index (χ0) is 21.6. The van der Waals surface area contributed by atoms with Crippen LogP contribution in [0.3, 0.4) is 0 Å². The number of aryl methyl sites for hydroxylation is 1. The number of para-hydroxylation sites is 1. The fourth-order valence-electron chi connectivity index (χ4n) is 3.91. The van der Waals surface area contributed by atoms with E-state index in [0.29, 0.717) is 6.04 Å². The number of carbonyl (C=O) groups is 1. The molecule has 5 nitrogen and oxygen atoms in total. The van der Waals surface area contributed by atoms with Gasteiger partial charge in [-0.1, -0.05) is 73.1 Å². The Morgan fingerprint density at radius 1 is 1.03 bits per heavy atom. The molecular weight excluding hydrogens is 424 g/mol. The van der Waals surface area contributed by atoms with Gasteiger partial charge in [-0.05, 0) is 51.0 Å². The van der Waals surface area contributed by atoms with Gasteiger partial charge in [0.2, 0.25) is 5.91 Å². The van der Waals surface area contributed by atoms with E-state index < -0.39 is 0 Å². The first-order valence-electron chi connectivity index (χ1n) is 10.8. The Labute approximate surface area is 192 Å². The minimum absolute atomic E-state index is 0.0260. The summed E-state index contributed by atoms with van der Waals surface area (Å²) in [4.78, 5) is 15.2. The summed E-state index contributed by atoms with van der Waals surface area (Å²) in [5.41, 5.74) is 0.832. The quantitative estimate of drug-likeness (QED) is 0.423. The van der Waals surface area contributed by atoms with Crippen molar-refractivity contribution >= 4 is 35.1 Å². The van der Waals surface area contributed by atoms with Gasteiger partial charge in [-0.25, -0.2) is 0 Å². The van der Waals surface area contributed by atoms with Gasteiger partial charge in [-0.2, -0.15) is 0 Å². The van der Waals surface area contributed by atoms with Crippen molar-refractivity contribution in [2.75, 3.05) is 5.32 Å². The molecule has 1 heterocycles. The van der Waals surface area contributed by atoms with Crippen LogP contribution in [0.1, 0.15) is 50.9 Å². The van der Waals surface area contributed by atoms with Crippen molar-refractivity contribution in [1.82, 2.24) is 14.8 Å². The number of hydrogen-bond donors (Lipinski definition) is 1. The third-order valence-corrected chi connectivity index (χ3v) is 7.68. The molecule has 7 heteroatoms. The highest BCUT2D eigenvalue weighted by Crippen LogP contribution is 2.35. The molecule has 3 aromatic rings. The van der Waals surface area contributed by atoms with Gasteiger partial charge < -0.3 is 9.88 Å². The number of amides is 1. The number of benzene rings is 2. The fourth-order valence-corrected chi connectivity index (χ4v) is 5.80. The topological polar surface area (TPSA) is 59.8 Å². The van der Waals surface area contributed by atoms with Crippen molar-refractivity contribution in [3.05, 3.63) is 60.4 Å². The van der Waals surface area contributed by atoms with Crippen molar-refractivity contribution in [3.8, 4) is 0 Å². The standard InChI is InChI=1S/C24H28N4OS2/c1-17(30-24-27-26-18(2)28(24)19-11-5-3-6-12-19)23(29)25-21-15-9-10-16-22(21)31-20-13-7-4-8-14-20/h4,7-10,13-17,19H,3,5-6,11-12H2,1-2H3,(H,25,29). The average molecular weight is 453 g/mol. The van der Waals surface area contributed by atoms with E-state index in [1.54, 1.807) is 11.8 Å². The van der Waals surface area contributed by atoms with Crippen LogP contribution in [0.4, 0.5) is 5.69 Å². The molecule has 0 aliphatic heterocycles. The number of aromatic nitrogens is 3. The third kappa shape index (κ3) is 5.52. The molecule has 1 fully saturated rings. The van der Waals surface area contributed by atoms with Crippen LogP contribution < -0.4 is 5.32 Å². The van der Waals surface area contributed by atoms with Gasteiger partial charge in [0, 0.05) is 15.8 Å². The number of nitrogens with one attached hydrogen (secondary N) is 1. The molecule has 1 aromatic heterocycles. The third-order valence-electron chi connectivity index (χ3n) is 5.54. The highest BCUT2D eigenvalue weighted by molar-refractivity contribution is 8.00. The number of carbonyl (C=O) groups excluding carboxylic acids is 1. The van der Waals surface area contributed by atoms with Crippen LogP contribution in [-0.4, -0.2) is 25.9 Å². The molecule has 0 bridgehead atoms. The summed E-state index contributed by atoms with van der Waals surface area (Å²) in [6.45, 7) is 3.94. The second-order valence-electron chi connectivity index (χ2n) is 7.85. The molecule has 1 unspecified atom stereocenters. The van der Waals surface area contributed by atoms with E-state index in [0.717, 1.165) is 39.3 Å². The molecule has 31 heavy (non-hydrogen) atoms. The van der Waals surface area contributed by atoms with Gasteiger partial charge in [0.15, 0.2) is 5.16 Å². The lowest BCUT2D eigenvalue weighted by Crippen LogP contribution is -2.24. The van der Waals surface area contributed by atoms with Crippen LogP contribution in [-0.2, 0) is 4.79 Å². The Morgan fingerprint density at radius 2 is 1.74 bits per heavy atom. The average Bonchev–Trinajstić information content (AvgIpc) is 3.16. The summed E-state index contributed by atoms with van der Waals surface area (Å²) in [5.74, 6) is 0.911. The zero-order valence-corrected chi connectivity index (χ0v) is 19.6. The lowest BCUT2D eigenvalue weighted by Gasteiger charge is -2.25. The summed E-state index contributed by atoms with van der Waals surface area (Å²) in [5, 5.41) is 12.4. The van der Waals surface area contributed by atoms with Gasteiger partial charge in [-0.15, -0.1) is 10.2 Å².